The Morgan fingerprint density at radius 1 is 1.31 bits per heavy atom. The Kier molecular flexibility index (Phi) is 5.55. The lowest BCUT2D eigenvalue weighted by atomic mass is 9.93. The van der Waals surface area contributed by atoms with Gasteiger partial charge in [0.2, 0.25) is 11.9 Å². The second kappa shape index (κ2) is 8.03. The highest BCUT2D eigenvalue weighted by atomic mass is 16.2. The number of hydrogen-bond donors (Lipinski definition) is 1. The van der Waals surface area contributed by atoms with E-state index in [1.165, 1.54) is 6.08 Å². The summed E-state index contributed by atoms with van der Waals surface area (Å²) >= 11 is 0. The first-order valence-electron chi connectivity index (χ1n) is 8.85. The third-order valence-electron chi connectivity index (χ3n) is 4.45. The lowest BCUT2D eigenvalue weighted by Crippen LogP contribution is -2.39. The van der Waals surface area contributed by atoms with Crippen LogP contribution in [0.1, 0.15) is 29.9 Å². The highest BCUT2D eigenvalue weighted by molar-refractivity contribution is 5.87. The van der Waals surface area contributed by atoms with E-state index < -0.39 is 0 Å². The normalized spacial score (nSPS) is 17.0. The molecule has 2 aromatic rings. The number of nitrogens with one attached hydrogen (secondary N) is 1. The number of amides is 1. The number of aromatic nitrogens is 4. The van der Waals surface area contributed by atoms with Gasteiger partial charge in [0.15, 0.2) is 0 Å². The van der Waals surface area contributed by atoms with Crippen molar-refractivity contribution in [2.45, 2.75) is 33.1 Å². The number of carbonyl (C=O) groups excluding carboxylic acids is 1. The van der Waals surface area contributed by atoms with Gasteiger partial charge >= 0.3 is 0 Å². The maximum atomic E-state index is 11.8. The minimum absolute atomic E-state index is 0.00621. The number of nitrogens with zero attached hydrogens (tertiary/aromatic N) is 5. The van der Waals surface area contributed by atoms with Gasteiger partial charge in [-0.05, 0) is 51.2 Å². The second-order valence-electron chi connectivity index (χ2n) is 6.69. The van der Waals surface area contributed by atoms with Gasteiger partial charge in [-0.15, -0.1) is 0 Å². The topological polar surface area (TPSA) is 83.9 Å². The van der Waals surface area contributed by atoms with Gasteiger partial charge in [0.1, 0.15) is 12.1 Å². The molecule has 1 amide bonds. The Bertz CT molecular complexity index is 786. The van der Waals surface area contributed by atoms with Crippen molar-refractivity contribution in [2.24, 2.45) is 5.92 Å². The van der Waals surface area contributed by atoms with Crippen LogP contribution < -0.4 is 5.32 Å². The molecule has 1 saturated heterocycles. The Labute approximate surface area is 153 Å². The standard InChI is InChI=1S/C19H24N6O/c1-4-18(26)25-7-5-6-15(11-25)9-16-10-17(21-12-20-16)24-19-22-13(2)8-14(3)23-19/h4,8,10,12,15H,1,5-7,9,11H2,2-3H3,(H,20,21,22,23,24)/t15-/m1/s1. The molecule has 0 aliphatic carbocycles. The molecule has 0 bridgehead atoms. The minimum atomic E-state index is 0.00621. The van der Waals surface area contributed by atoms with Gasteiger partial charge in [-0.2, -0.15) is 0 Å². The molecule has 0 aromatic carbocycles. The molecule has 0 saturated carbocycles. The van der Waals surface area contributed by atoms with Crippen molar-refractivity contribution in [1.82, 2.24) is 24.8 Å². The van der Waals surface area contributed by atoms with Crippen molar-refractivity contribution < 1.29 is 4.79 Å². The fourth-order valence-corrected chi connectivity index (χ4v) is 3.33. The quantitative estimate of drug-likeness (QED) is 0.833. The number of rotatable bonds is 5. The van der Waals surface area contributed by atoms with E-state index in [0.29, 0.717) is 17.7 Å². The van der Waals surface area contributed by atoms with Crippen molar-refractivity contribution >= 4 is 17.7 Å². The summed E-state index contributed by atoms with van der Waals surface area (Å²) in [6.07, 6.45) is 5.85. The number of carbonyl (C=O) groups is 1. The van der Waals surface area contributed by atoms with Crippen LogP contribution in [0.4, 0.5) is 11.8 Å². The molecular weight excluding hydrogens is 328 g/mol. The minimum Gasteiger partial charge on any atom is -0.339 e. The Balaban J connectivity index is 1.67. The molecule has 2 aromatic heterocycles. The summed E-state index contributed by atoms with van der Waals surface area (Å²) in [6.45, 7) is 9.00. The number of likely N-dealkylation sites (tertiary alicyclic amines) is 1. The number of hydrogen-bond acceptors (Lipinski definition) is 6. The van der Waals surface area contributed by atoms with Gasteiger partial charge in [0, 0.05) is 36.2 Å². The van der Waals surface area contributed by atoms with Gasteiger partial charge in [-0.1, -0.05) is 6.58 Å². The van der Waals surface area contributed by atoms with Crippen molar-refractivity contribution in [3.8, 4) is 0 Å². The summed E-state index contributed by atoms with van der Waals surface area (Å²) in [5.41, 5.74) is 2.76. The molecule has 1 atom stereocenters. The summed E-state index contributed by atoms with van der Waals surface area (Å²) in [4.78, 5) is 31.1. The van der Waals surface area contributed by atoms with E-state index in [9.17, 15) is 4.79 Å². The van der Waals surface area contributed by atoms with Crippen LogP contribution in [0.15, 0.2) is 31.1 Å². The summed E-state index contributed by atoms with van der Waals surface area (Å²) < 4.78 is 0. The third kappa shape index (κ3) is 4.62. The van der Waals surface area contributed by atoms with Gasteiger partial charge < -0.3 is 10.2 Å². The average molecular weight is 352 g/mol. The van der Waals surface area contributed by atoms with E-state index in [1.54, 1.807) is 6.33 Å². The van der Waals surface area contributed by atoms with E-state index in [-0.39, 0.29) is 5.91 Å². The van der Waals surface area contributed by atoms with E-state index >= 15 is 0 Å². The molecular formula is C19H24N6O. The Hall–Kier alpha value is -2.83. The maximum absolute atomic E-state index is 11.8. The predicted molar refractivity (Wildman–Crippen MR) is 100 cm³/mol. The van der Waals surface area contributed by atoms with Crippen LogP contribution in [0.5, 0.6) is 0 Å². The molecule has 1 fully saturated rings. The zero-order valence-electron chi connectivity index (χ0n) is 15.3. The van der Waals surface area contributed by atoms with Crippen LogP contribution >= 0.6 is 0 Å². The number of aryl methyl sites for hydroxylation is 2. The van der Waals surface area contributed by atoms with E-state index in [0.717, 1.165) is 49.4 Å². The highest BCUT2D eigenvalue weighted by Crippen LogP contribution is 2.21. The summed E-state index contributed by atoms with van der Waals surface area (Å²) in [5, 5.41) is 3.15. The van der Waals surface area contributed by atoms with Gasteiger partial charge in [0.25, 0.3) is 0 Å². The monoisotopic (exact) mass is 352 g/mol. The zero-order valence-corrected chi connectivity index (χ0v) is 15.3. The molecule has 1 N–H and O–H groups in total. The molecule has 1 aliphatic heterocycles. The smallest absolute Gasteiger partial charge is 0.245 e. The molecule has 0 unspecified atom stereocenters. The van der Waals surface area contributed by atoms with Crippen molar-refractivity contribution in [2.75, 3.05) is 18.4 Å². The van der Waals surface area contributed by atoms with Crippen LogP contribution in [0.25, 0.3) is 0 Å². The Morgan fingerprint density at radius 2 is 2.08 bits per heavy atom. The molecule has 3 heterocycles. The molecule has 0 radical (unpaired) electrons. The van der Waals surface area contributed by atoms with Crippen molar-refractivity contribution in [3.05, 3.63) is 48.2 Å². The van der Waals surface area contributed by atoms with Gasteiger partial charge in [-0.25, -0.2) is 19.9 Å². The molecule has 136 valence electrons. The SMILES string of the molecule is C=CC(=O)N1CCC[C@H](Cc2cc(Nc3nc(C)cc(C)n3)ncn2)C1. The van der Waals surface area contributed by atoms with Gasteiger partial charge in [0.05, 0.1) is 0 Å². The fraction of sp³-hybridized carbons (Fsp3) is 0.421. The van der Waals surface area contributed by atoms with Crippen LogP contribution in [0.3, 0.4) is 0 Å². The van der Waals surface area contributed by atoms with Crippen molar-refractivity contribution in [1.29, 1.82) is 0 Å². The van der Waals surface area contributed by atoms with E-state index in [1.807, 2.05) is 30.9 Å². The first-order valence-corrected chi connectivity index (χ1v) is 8.85. The molecule has 0 spiro atoms. The Morgan fingerprint density at radius 3 is 2.81 bits per heavy atom. The van der Waals surface area contributed by atoms with Gasteiger partial charge in [-0.3, -0.25) is 4.79 Å². The highest BCUT2D eigenvalue weighted by Gasteiger charge is 2.22. The van der Waals surface area contributed by atoms with Crippen molar-refractivity contribution in [3.63, 3.8) is 0 Å². The first-order chi connectivity index (χ1) is 12.5. The molecule has 1 aliphatic rings. The second-order valence-corrected chi connectivity index (χ2v) is 6.69. The third-order valence-corrected chi connectivity index (χ3v) is 4.45. The van der Waals surface area contributed by atoms with Crippen LogP contribution in [-0.2, 0) is 11.2 Å². The molecule has 26 heavy (non-hydrogen) atoms. The lowest BCUT2D eigenvalue weighted by molar-refractivity contribution is -0.127. The first kappa shape index (κ1) is 18.0. The average Bonchev–Trinajstić information content (AvgIpc) is 2.60. The van der Waals surface area contributed by atoms with E-state index in [2.05, 4.69) is 31.8 Å². The molecule has 3 rings (SSSR count). The summed E-state index contributed by atoms with van der Waals surface area (Å²) in [7, 11) is 0. The lowest BCUT2D eigenvalue weighted by Gasteiger charge is -2.32. The van der Waals surface area contributed by atoms with E-state index in [4.69, 9.17) is 0 Å². The molecule has 7 nitrogen and oxygen atoms in total. The van der Waals surface area contributed by atoms with Crippen LogP contribution in [0, 0.1) is 19.8 Å². The summed E-state index contributed by atoms with van der Waals surface area (Å²) in [6, 6.07) is 3.85. The maximum Gasteiger partial charge on any atom is 0.245 e. The van der Waals surface area contributed by atoms with Crippen LogP contribution in [0.2, 0.25) is 0 Å². The zero-order chi connectivity index (χ0) is 18.5. The number of anilines is 2. The van der Waals surface area contributed by atoms with Crippen LogP contribution in [-0.4, -0.2) is 43.8 Å². The predicted octanol–water partition coefficient (Wildman–Crippen LogP) is 2.59. The number of piperidine rings is 1. The largest absolute Gasteiger partial charge is 0.339 e. The summed E-state index contributed by atoms with van der Waals surface area (Å²) in [5.74, 6) is 1.61. The fourth-order valence-electron chi connectivity index (χ4n) is 3.33. The molecule has 7 heteroatoms.